The maximum Gasteiger partial charge on any atom is 0.347 e. The Morgan fingerprint density at radius 2 is 1.57 bits per heavy atom. The number of benzene rings is 2. The van der Waals surface area contributed by atoms with Crippen molar-refractivity contribution in [2.75, 3.05) is 0 Å². The van der Waals surface area contributed by atoms with Crippen LogP contribution < -0.4 is 4.74 Å². The molecule has 21 heavy (non-hydrogen) atoms. The highest BCUT2D eigenvalue weighted by atomic mass is 16.5. The minimum Gasteiger partial charge on any atom is -0.422 e. The van der Waals surface area contributed by atoms with Crippen LogP contribution in [0, 0.1) is 0 Å². The van der Waals surface area contributed by atoms with Gasteiger partial charge in [0.2, 0.25) is 5.78 Å². The van der Waals surface area contributed by atoms with Crippen LogP contribution >= 0.6 is 0 Å². The van der Waals surface area contributed by atoms with Crippen molar-refractivity contribution < 1.29 is 14.3 Å². The molecular formula is C18H12O3. The molecular weight excluding hydrogens is 264 g/mol. The molecule has 0 fully saturated rings. The lowest BCUT2D eigenvalue weighted by Gasteiger charge is -2.15. The Hall–Kier alpha value is -2.94. The van der Waals surface area contributed by atoms with E-state index in [2.05, 4.69) is 0 Å². The van der Waals surface area contributed by atoms with Gasteiger partial charge < -0.3 is 4.74 Å². The van der Waals surface area contributed by atoms with Crippen LogP contribution in [0.1, 0.15) is 15.9 Å². The fraction of sp³-hybridized carbons (Fsp3) is 0. The number of Topliss-reactive ketones (excluding diaryl/α,β-unsaturated/α-hetero) is 1. The maximum atomic E-state index is 12.3. The van der Waals surface area contributed by atoms with Gasteiger partial charge in [0.1, 0.15) is 11.3 Å². The summed E-state index contributed by atoms with van der Waals surface area (Å²) in [5, 5.41) is 0. The van der Waals surface area contributed by atoms with E-state index in [1.807, 2.05) is 36.4 Å². The van der Waals surface area contributed by atoms with Crippen molar-refractivity contribution in [2.45, 2.75) is 0 Å². The van der Waals surface area contributed by atoms with Gasteiger partial charge in [-0.15, -0.1) is 0 Å². The van der Waals surface area contributed by atoms with Crippen molar-refractivity contribution in [2.24, 2.45) is 0 Å². The zero-order valence-corrected chi connectivity index (χ0v) is 11.2. The molecule has 1 heterocycles. The van der Waals surface area contributed by atoms with E-state index in [4.69, 9.17) is 4.74 Å². The van der Waals surface area contributed by atoms with Gasteiger partial charge in [0.05, 0.1) is 5.56 Å². The SMILES string of the molecule is O=C1Oc2ccccc2C(=O)/C1=C\C=C\c1ccccc1. The molecule has 0 aliphatic carbocycles. The first-order valence-electron chi connectivity index (χ1n) is 6.55. The lowest BCUT2D eigenvalue weighted by molar-refractivity contribution is -0.130. The standard InChI is InChI=1S/C18H12O3/c19-17-14-10-4-5-12-16(14)21-18(20)15(17)11-6-9-13-7-2-1-3-8-13/h1-12H/b9-6+,15-11+. The number of carbonyl (C=O) groups excluding carboxylic acids is 2. The van der Waals surface area contributed by atoms with Gasteiger partial charge in [-0.2, -0.15) is 0 Å². The first-order chi connectivity index (χ1) is 10.3. The van der Waals surface area contributed by atoms with Crippen LogP contribution in [0.2, 0.25) is 0 Å². The van der Waals surface area contributed by atoms with E-state index >= 15 is 0 Å². The van der Waals surface area contributed by atoms with Crippen LogP contribution in [0.5, 0.6) is 5.75 Å². The monoisotopic (exact) mass is 276 g/mol. The molecule has 102 valence electrons. The third kappa shape index (κ3) is 2.67. The Labute approximate surface area is 122 Å². The van der Waals surface area contributed by atoms with Gasteiger partial charge in [0, 0.05) is 0 Å². The molecule has 0 saturated heterocycles. The van der Waals surface area contributed by atoms with Crippen LogP contribution in [-0.4, -0.2) is 11.8 Å². The highest BCUT2D eigenvalue weighted by molar-refractivity contribution is 6.27. The normalized spacial score (nSPS) is 16.1. The zero-order chi connectivity index (χ0) is 14.7. The highest BCUT2D eigenvalue weighted by Gasteiger charge is 2.29. The van der Waals surface area contributed by atoms with E-state index in [1.165, 1.54) is 6.08 Å². The van der Waals surface area contributed by atoms with Crippen LogP contribution in [-0.2, 0) is 4.79 Å². The quantitative estimate of drug-likeness (QED) is 0.365. The molecule has 2 aromatic rings. The first kappa shape index (κ1) is 13.1. The van der Waals surface area contributed by atoms with Crippen LogP contribution in [0.15, 0.2) is 72.3 Å². The fourth-order valence-corrected chi connectivity index (χ4v) is 2.10. The van der Waals surface area contributed by atoms with E-state index in [1.54, 1.807) is 30.3 Å². The summed E-state index contributed by atoms with van der Waals surface area (Å²) < 4.78 is 5.16. The van der Waals surface area contributed by atoms with Crippen molar-refractivity contribution in [1.82, 2.24) is 0 Å². The second kappa shape index (κ2) is 5.59. The number of carbonyl (C=O) groups is 2. The lowest BCUT2D eigenvalue weighted by Crippen LogP contribution is -2.24. The number of ether oxygens (including phenoxy) is 1. The molecule has 0 unspecified atom stereocenters. The number of fused-ring (bicyclic) bond motifs is 1. The Morgan fingerprint density at radius 1 is 0.857 bits per heavy atom. The Morgan fingerprint density at radius 3 is 2.38 bits per heavy atom. The van der Waals surface area contributed by atoms with E-state index in [0.717, 1.165) is 5.56 Å². The molecule has 3 nitrogen and oxygen atoms in total. The summed E-state index contributed by atoms with van der Waals surface area (Å²) in [4.78, 5) is 24.1. The number of hydrogen-bond donors (Lipinski definition) is 0. The predicted molar refractivity (Wildman–Crippen MR) is 80.0 cm³/mol. The lowest BCUT2D eigenvalue weighted by atomic mass is 9.99. The molecule has 0 spiro atoms. The molecule has 1 aliphatic rings. The minimum absolute atomic E-state index is 0.0425. The fourth-order valence-electron chi connectivity index (χ4n) is 2.10. The molecule has 0 bridgehead atoms. The summed E-state index contributed by atoms with van der Waals surface area (Å²) in [6.45, 7) is 0. The second-order valence-corrected chi connectivity index (χ2v) is 4.56. The van der Waals surface area contributed by atoms with Crippen LogP contribution in [0.25, 0.3) is 6.08 Å². The van der Waals surface area contributed by atoms with Gasteiger partial charge in [-0.3, -0.25) is 4.79 Å². The van der Waals surface area contributed by atoms with Crippen molar-refractivity contribution in [1.29, 1.82) is 0 Å². The summed E-state index contributed by atoms with van der Waals surface area (Å²) in [7, 11) is 0. The van der Waals surface area contributed by atoms with Gasteiger partial charge in [0.25, 0.3) is 0 Å². The molecule has 1 aliphatic heterocycles. The Kier molecular flexibility index (Phi) is 3.48. The topological polar surface area (TPSA) is 43.4 Å². The second-order valence-electron chi connectivity index (χ2n) is 4.56. The summed E-state index contributed by atoms with van der Waals surface area (Å²) in [6, 6.07) is 16.4. The van der Waals surface area contributed by atoms with Gasteiger partial charge in [0.15, 0.2) is 0 Å². The number of rotatable bonds is 2. The minimum atomic E-state index is -0.614. The van der Waals surface area contributed by atoms with Crippen molar-refractivity contribution in [3.05, 3.63) is 83.4 Å². The van der Waals surface area contributed by atoms with E-state index in [9.17, 15) is 9.59 Å². The summed E-state index contributed by atoms with van der Waals surface area (Å²) in [6.07, 6.45) is 5.00. The zero-order valence-electron chi connectivity index (χ0n) is 11.2. The van der Waals surface area contributed by atoms with Gasteiger partial charge in [-0.05, 0) is 23.8 Å². The molecule has 0 saturated carbocycles. The van der Waals surface area contributed by atoms with Crippen LogP contribution in [0.3, 0.4) is 0 Å². The highest BCUT2D eigenvalue weighted by Crippen LogP contribution is 2.27. The number of para-hydroxylation sites is 1. The van der Waals surface area contributed by atoms with Gasteiger partial charge in [-0.25, -0.2) is 4.79 Å². The van der Waals surface area contributed by atoms with E-state index in [-0.39, 0.29) is 11.4 Å². The molecule has 0 N–H and O–H groups in total. The third-order valence-electron chi connectivity index (χ3n) is 3.15. The largest absolute Gasteiger partial charge is 0.422 e. The maximum absolute atomic E-state index is 12.3. The van der Waals surface area contributed by atoms with E-state index in [0.29, 0.717) is 11.3 Å². The van der Waals surface area contributed by atoms with Crippen molar-refractivity contribution in [3.8, 4) is 5.75 Å². The summed E-state index contributed by atoms with van der Waals surface area (Å²) in [5.41, 5.74) is 1.45. The summed E-state index contributed by atoms with van der Waals surface area (Å²) >= 11 is 0. The molecule has 0 amide bonds. The average Bonchev–Trinajstić information content (AvgIpc) is 2.51. The number of esters is 1. The van der Waals surface area contributed by atoms with Gasteiger partial charge in [-0.1, -0.05) is 54.6 Å². The van der Waals surface area contributed by atoms with E-state index < -0.39 is 5.97 Å². The smallest absolute Gasteiger partial charge is 0.347 e. The van der Waals surface area contributed by atoms with Crippen molar-refractivity contribution >= 4 is 17.8 Å². The van der Waals surface area contributed by atoms with Crippen LogP contribution in [0.4, 0.5) is 0 Å². The number of ketones is 1. The molecule has 3 rings (SSSR count). The number of hydrogen-bond acceptors (Lipinski definition) is 3. The third-order valence-corrected chi connectivity index (χ3v) is 3.15. The summed E-state index contributed by atoms with van der Waals surface area (Å²) in [5.74, 6) is -0.604. The molecule has 2 aromatic carbocycles. The first-order valence-corrected chi connectivity index (χ1v) is 6.55. The van der Waals surface area contributed by atoms with Gasteiger partial charge >= 0.3 is 5.97 Å². The Bertz CT molecular complexity index is 755. The Balaban J connectivity index is 1.89. The molecule has 0 atom stereocenters. The molecule has 0 aromatic heterocycles. The van der Waals surface area contributed by atoms with Crippen molar-refractivity contribution in [3.63, 3.8) is 0 Å². The molecule has 0 radical (unpaired) electrons. The average molecular weight is 276 g/mol. The predicted octanol–water partition coefficient (Wildman–Crippen LogP) is 3.43. The molecule has 3 heteroatoms. The number of allylic oxidation sites excluding steroid dienone is 2.